The Kier molecular flexibility index (Phi) is 11.3. The van der Waals surface area contributed by atoms with Crippen molar-refractivity contribution < 1.29 is 23.9 Å². The van der Waals surface area contributed by atoms with Crippen LogP contribution in [0.25, 0.3) is 0 Å². The van der Waals surface area contributed by atoms with E-state index >= 15 is 0 Å². The molecular formula is C26H44N2O5Si. The van der Waals surface area contributed by atoms with Crippen LogP contribution in [0.4, 0.5) is 9.59 Å². The molecule has 1 aromatic carbocycles. The molecule has 0 fully saturated rings. The minimum atomic E-state index is -2.17. The molecule has 0 aliphatic heterocycles. The van der Waals surface area contributed by atoms with Gasteiger partial charge in [-0.05, 0) is 63.7 Å². The second-order valence-corrected chi connectivity index (χ2v) is 15.8. The molecule has 0 aliphatic rings. The summed E-state index contributed by atoms with van der Waals surface area (Å²) in [6, 6.07) is 9.67. The zero-order valence-electron chi connectivity index (χ0n) is 22.1. The second-order valence-electron chi connectivity index (χ2n) is 11.1. The molecular weight excluding hydrogens is 448 g/mol. The third-order valence-corrected chi connectivity index (χ3v) is 10.3. The largest absolute Gasteiger partial charge is 0.465 e. The van der Waals surface area contributed by atoms with Gasteiger partial charge in [0.1, 0.15) is 5.60 Å². The predicted octanol–water partition coefficient (Wildman–Crippen LogP) is 6.12. The molecule has 3 N–H and O–H groups in total. The summed E-state index contributed by atoms with van der Waals surface area (Å²) >= 11 is 0. The first kappa shape index (κ1) is 29.7. The average Bonchev–Trinajstić information content (AvgIpc) is 2.67. The third kappa shape index (κ3) is 11.7. The number of benzene rings is 1. The summed E-state index contributed by atoms with van der Waals surface area (Å²) in [7, 11) is -2.17. The number of unbranched alkanes of at least 4 members (excludes halogenated alkanes) is 1. The summed E-state index contributed by atoms with van der Waals surface area (Å²) in [4.78, 5) is 23.4. The minimum Gasteiger partial charge on any atom is -0.465 e. The number of allylic oxidation sites excluding steroid dienone is 1. The van der Waals surface area contributed by atoms with Gasteiger partial charge in [0.2, 0.25) is 0 Å². The van der Waals surface area contributed by atoms with Crippen molar-refractivity contribution in [2.45, 2.75) is 96.7 Å². The molecule has 0 saturated carbocycles. The van der Waals surface area contributed by atoms with Gasteiger partial charge in [0.05, 0.1) is 12.1 Å². The first-order valence-electron chi connectivity index (χ1n) is 12.0. The highest BCUT2D eigenvalue weighted by molar-refractivity contribution is 6.74. The Morgan fingerprint density at radius 3 is 2.24 bits per heavy atom. The van der Waals surface area contributed by atoms with Crippen LogP contribution in [0.2, 0.25) is 18.1 Å². The van der Waals surface area contributed by atoms with E-state index in [-0.39, 0.29) is 17.2 Å². The first-order valence-corrected chi connectivity index (χ1v) is 14.9. The van der Waals surface area contributed by atoms with E-state index in [4.69, 9.17) is 14.3 Å². The van der Waals surface area contributed by atoms with Crippen molar-refractivity contribution >= 4 is 20.5 Å². The maximum atomic E-state index is 12.7. The lowest BCUT2D eigenvalue weighted by Gasteiger charge is -2.41. The standard InChI is InChI=1S/C26H44N2O5Si/c1-25(2,3)32-24(31)28-21(19-20-15-11-9-12-16-20)22(33-34(7,8)26(4,5)6)17-13-10-14-18-27-23(29)30/h9,11-13,15-17,21-22,27H,10,14,18-19H2,1-8H3,(H,28,31)(H,29,30)/t21-,22+/m0/s1. The summed E-state index contributed by atoms with van der Waals surface area (Å²) in [6.07, 6.45) is 4.12. The van der Waals surface area contributed by atoms with E-state index in [0.29, 0.717) is 25.8 Å². The number of alkyl carbamates (subject to hydrolysis) is 1. The van der Waals surface area contributed by atoms with Gasteiger partial charge in [0.15, 0.2) is 8.32 Å². The lowest BCUT2D eigenvalue weighted by Crippen LogP contribution is -2.52. The summed E-state index contributed by atoms with van der Waals surface area (Å²) in [6.45, 7) is 16.8. The molecule has 0 aliphatic carbocycles. The first-order chi connectivity index (χ1) is 15.6. The highest BCUT2D eigenvalue weighted by Gasteiger charge is 2.40. The Morgan fingerprint density at radius 1 is 1.09 bits per heavy atom. The number of nitrogens with one attached hydrogen (secondary N) is 2. The van der Waals surface area contributed by atoms with E-state index in [9.17, 15) is 9.59 Å². The molecule has 0 heterocycles. The van der Waals surface area contributed by atoms with Crippen molar-refractivity contribution in [1.82, 2.24) is 10.6 Å². The second kappa shape index (κ2) is 12.9. The Bertz CT molecular complexity index is 798. The molecule has 2 amide bonds. The number of carbonyl (C=O) groups is 2. The Labute approximate surface area is 206 Å². The fraction of sp³-hybridized carbons (Fsp3) is 0.615. The molecule has 0 unspecified atom stereocenters. The zero-order chi connectivity index (χ0) is 26.0. The molecule has 192 valence electrons. The molecule has 0 radical (unpaired) electrons. The van der Waals surface area contributed by atoms with Crippen molar-refractivity contribution in [2.24, 2.45) is 0 Å². The molecule has 0 saturated heterocycles. The van der Waals surface area contributed by atoms with Crippen LogP contribution in [0.15, 0.2) is 42.5 Å². The van der Waals surface area contributed by atoms with E-state index in [1.165, 1.54) is 0 Å². The summed E-state index contributed by atoms with van der Waals surface area (Å²) in [5, 5.41) is 14.2. The number of carboxylic acid groups (broad SMARTS) is 1. The third-order valence-electron chi connectivity index (χ3n) is 5.78. The number of amides is 2. The van der Waals surface area contributed by atoms with Crippen LogP contribution in [-0.4, -0.2) is 49.9 Å². The van der Waals surface area contributed by atoms with Gasteiger partial charge < -0.3 is 24.9 Å². The quantitative estimate of drug-likeness (QED) is 0.196. The highest BCUT2D eigenvalue weighted by Crippen LogP contribution is 2.38. The van der Waals surface area contributed by atoms with Crippen molar-refractivity contribution in [3.63, 3.8) is 0 Å². The Balaban J connectivity index is 3.17. The average molecular weight is 493 g/mol. The van der Waals surface area contributed by atoms with Gasteiger partial charge >= 0.3 is 12.2 Å². The van der Waals surface area contributed by atoms with Crippen molar-refractivity contribution in [3.05, 3.63) is 48.0 Å². The number of hydrogen-bond donors (Lipinski definition) is 3. The van der Waals surface area contributed by atoms with Crippen molar-refractivity contribution in [1.29, 1.82) is 0 Å². The van der Waals surface area contributed by atoms with Gasteiger partial charge in [-0.1, -0.05) is 63.3 Å². The van der Waals surface area contributed by atoms with Crippen LogP contribution in [-0.2, 0) is 15.6 Å². The lowest BCUT2D eigenvalue weighted by molar-refractivity contribution is 0.0460. The van der Waals surface area contributed by atoms with Crippen molar-refractivity contribution in [3.8, 4) is 0 Å². The molecule has 0 spiro atoms. The maximum Gasteiger partial charge on any atom is 0.407 e. The monoisotopic (exact) mass is 492 g/mol. The summed E-state index contributed by atoms with van der Waals surface area (Å²) < 4.78 is 12.3. The van der Waals surface area contributed by atoms with Gasteiger partial charge in [-0.3, -0.25) is 0 Å². The van der Waals surface area contributed by atoms with E-state index in [2.05, 4.69) is 44.5 Å². The van der Waals surface area contributed by atoms with Gasteiger partial charge in [-0.25, -0.2) is 9.59 Å². The molecule has 2 atom stereocenters. The number of carbonyl (C=O) groups excluding carboxylic acids is 1. The number of rotatable bonds is 11. The molecule has 7 nitrogen and oxygen atoms in total. The summed E-state index contributed by atoms with van der Waals surface area (Å²) in [5.74, 6) is 0. The van der Waals surface area contributed by atoms with Crippen LogP contribution in [0, 0.1) is 0 Å². The lowest BCUT2D eigenvalue weighted by atomic mass is 10.0. The topological polar surface area (TPSA) is 96.9 Å². The normalized spacial score (nSPS) is 14.5. The molecule has 1 aromatic rings. The van der Waals surface area contributed by atoms with E-state index in [1.807, 2.05) is 63.3 Å². The van der Waals surface area contributed by atoms with Crippen LogP contribution in [0.1, 0.15) is 59.9 Å². The molecule has 0 aromatic heterocycles. The fourth-order valence-corrected chi connectivity index (χ4v) is 4.27. The van der Waals surface area contributed by atoms with Crippen LogP contribution >= 0.6 is 0 Å². The number of hydrogen-bond acceptors (Lipinski definition) is 4. The molecule has 34 heavy (non-hydrogen) atoms. The Hall–Kier alpha value is -2.32. The SMILES string of the molecule is CC(C)(C)OC(=O)N[C@@H](Cc1ccccc1)[C@@H](C=CCCCNC(=O)O)O[Si](C)(C)C(C)(C)C. The predicted molar refractivity (Wildman–Crippen MR) is 140 cm³/mol. The zero-order valence-corrected chi connectivity index (χ0v) is 23.1. The van der Waals surface area contributed by atoms with E-state index in [1.54, 1.807) is 0 Å². The molecule has 1 rings (SSSR count). The van der Waals surface area contributed by atoms with Gasteiger partial charge in [0, 0.05) is 6.54 Å². The van der Waals surface area contributed by atoms with Gasteiger partial charge in [-0.15, -0.1) is 0 Å². The van der Waals surface area contributed by atoms with Crippen molar-refractivity contribution in [2.75, 3.05) is 6.54 Å². The van der Waals surface area contributed by atoms with E-state index in [0.717, 1.165) is 5.56 Å². The van der Waals surface area contributed by atoms with Gasteiger partial charge in [0.25, 0.3) is 0 Å². The van der Waals surface area contributed by atoms with Gasteiger partial charge in [-0.2, -0.15) is 0 Å². The maximum absolute atomic E-state index is 12.7. The van der Waals surface area contributed by atoms with Crippen LogP contribution in [0.5, 0.6) is 0 Å². The van der Waals surface area contributed by atoms with Crippen LogP contribution < -0.4 is 10.6 Å². The molecule has 8 heteroatoms. The van der Waals surface area contributed by atoms with E-state index < -0.39 is 26.1 Å². The minimum absolute atomic E-state index is 0.00624. The van der Waals surface area contributed by atoms with Crippen LogP contribution in [0.3, 0.4) is 0 Å². The smallest absolute Gasteiger partial charge is 0.407 e. The highest BCUT2D eigenvalue weighted by atomic mass is 28.4. The molecule has 0 bridgehead atoms. The fourth-order valence-electron chi connectivity index (χ4n) is 2.99. The Morgan fingerprint density at radius 2 is 1.71 bits per heavy atom. The number of ether oxygens (including phenoxy) is 1. The summed E-state index contributed by atoms with van der Waals surface area (Å²) in [5.41, 5.74) is 0.482.